The van der Waals surface area contributed by atoms with Gasteiger partial charge in [-0.25, -0.2) is 0 Å². The van der Waals surface area contributed by atoms with E-state index in [2.05, 4.69) is 29.8 Å². The average Bonchev–Trinajstić information content (AvgIpc) is 1.89. The van der Waals surface area contributed by atoms with Crippen LogP contribution in [0, 0.1) is 5.92 Å². The highest BCUT2D eigenvalue weighted by atomic mass is 79.9. The first-order valence-corrected chi connectivity index (χ1v) is 4.99. The maximum atomic E-state index is 3.42. The van der Waals surface area contributed by atoms with E-state index in [4.69, 9.17) is 0 Å². The van der Waals surface area contributed by atoms with Gasteiger partial charge in [-0.3, -0.25) is 0 Å². The lowest BCUT2D eigenvalue weighted by molar-refractivity contribution is 0.493. The van der Waals surface area contributed by atoms with Crippen LogP contribution in [0.4, 0.5) is 0 Å². The van der Waals surface area contributed by atoms with E-state index < -0.39 is 0 Å². The Bertz CT molecular complexity index is 52.5. The molecule has 56 valence electrons. The number of alkyl halides is 1. The summed E-state index contributed by atoms with van der Waals surface area (Å²) >= 11 is 3.42. The Morgan fingerprint density at radius 1 is 1.33 bits per heavy atom. The van der Waals surface area contributed by atoms with Gasteiger partial charge in [-0.1, -0.05) is 49.0 Å². The predicted molar refractivity (Wildman–Crippen MR) is 47.1 cm³/mol. The van der Waals surface area contributed by atoms with Gasteiger partial charge in [0.2, 0.25) is 0 Å². The average molecular weight is 193 g/mol. The zero-order chi connectivity index (χ0) is 7.11. The third kappa shape index (κ3) is 6.36. The van der Waals surface area contributed by atoms with Crippen LogP contribution in [0.15, 0.2) is 0 Å². The van der Waals surface area contributed by atoms with Crippen molar-refractivity contribution < 1.29 is 0 Å². The second-order valence-electron chi connectivity index (χ2n) is 2.70. The third-order valence-corrected chi connectivity index (χ3v) is 2.34. The standard InChI is InChI=1S/C8H17Br/c1-3-8(2)6-4-5-7-9/h8H,3-7H2,1-2H3/t8-/m0/s1. The lowest BCUT2D eigenvalue weighted by Gasteiger charge is -2.05. The van der Waals surface area contributed by atoms with Crippen LogP contribution in [0.25, 0.3) is 0 Å². The molecule has 0 fully saturated rings. The van der Waals surface area contributed by atoms with Gasteiger partial charge in [0.05, 0.1) is 0 Å². The van der Waals surface area contributed by atoms with E-state index in [1.807, 2.05) is 0 Å². The molecule has 0 aliphatic rings. The molecule has 0 N–H and O–H groups in total. The van der Waals surface area contributed by atoms with Crippen molar-refractivity contribution in [2.24, 2.45) is 5.92 Å². The Morgan fingerprint density at radius 2 is 2.00 bits per heavy atom. The Labute approximate surface area is 67.2 Å². The van der Waals surface area contributed by atoms with Crippen molar-refractivity contribution in [3.63, 3.8) is 0 Å². The fourth-order valence-corrected chi connectivity index (χ4v) is 1.19. The molecular weight excluding hydrogens is 176 g/mol. The lowest BCUT2D eigenvalue weighted by atomic mass is 10.0. The van der Waals surface area contributed by atoms with Crippen LogP contribution < -0.4 is 0 Å². The Balaban J connectivity index is 2.88. The molecule has 0 bridgehead atoms. The first-order chi connectivity index (χ1) is 4.31. The van der Waals surface area contributed by atoms with Crippen molar-refractivity contribution in [2.45, 2.75) is 39.5 Å². The molecule has 0 heterocycles. The zero-order valence-electron chi connectivity index (χ0n) is 6.49. The molecule has 0 aromatic rings. The van der Waals surface area contributed by atoms with E-state index in [1.54, 1.807) is 0 Å². The highest BCUT2D eigenvalue weighted by Gasteiger charge is 1.96. The number of rotatable bonds is 5. The summed E-state index contributed by atoms with van der Waals surface area (Å²) < 4.78 is 0. The molecular formula is C8H17Br. The highest BCUT2D eigenvalue weighted by Crippen LogP contribution is 2.11. The predicted octanol–water partition coefficient (Wildman–Crippen LogP) is 3.60. The van der Waals surface area contributed by atoms with Crippen molar-refractivity contribution in [1.82, 2.24) is 0 Å². The van der Waals surface area contributed by atoms with Gasteiger partial charge in [0.25, 0.3) is 0 Å². The number of halogens is 1. The molecule has 0 amide bonds. The summed E-state index contributed by atoms with van der Waals surface area (Å²) in [5, 5.41) is 1.17. The largest absolute Gasteiger partial charge is 0.0928 e. The molecule has 0 nitrogen and oxygen atoms in total. The number of hydrogen-bond acceptors (Lipinski definition) is 0. The SMILES string of the molecule is CC[C@H](C)CCCCBr. The van der Waals surface area contributed by atoms with Crippen LogP contribution in [-0.2, 0) is 0 Å². The molecule has 0 saturated heterocycles. The van der Waals surface area contributed by atoms with Crippen molar-refractivity contribution in [1.29, 1.82) is 0 Å². The Hall–Kier alpha value is 0.480. The van der Waals surface area contributed by atoms with Crippen LogP contribution in [0.1, 0.15) is 39.5 Å². The maximum Gasteiger partial charge on any atom is 0.00313 e. The van der Waals surface area contributed by atoms with Gasteiger partial charge >= 0.3 is 0 Å². The van der Waals surface area contributed by atoms with Crippen LogP contribution >= 0.6 is 15.9 Å². The molecule has 0 aromatic carbocycles. The summed E-state index contributed by atoms with van der Waals surface area (Å²) in [5.41, 5.74) is 0. The van der Waals surface area contributed by atoms with Gasteiger partial charge in [-0.2, -0.15) is 0 Å². The molecule has 1 atom stereocenters. The molecule has 1 heteroatoms. The fraction of sp³-hybridized carbons (Fsp3) is 1.00. The zero-order valence-corrected chi connectivity index (χ0v) is 8.08. The Kier molecular flexibility index (Phi) is 6.95. The van der Waals surface area contributed by atoms with E-state index in [0.717, 1.165) is 5.92 Å². The summed E-state index contributed by atoms with van der Waals surface area (Å²) in [4.78, 5) is 0. The van der Waals surface area contributed by atoms with Crippen molar-refractivity contribution >= 4 is 15.9 Å². The lowest BCUT2D eigenvalue weighted by Crippen LogP contribution is -1.91. The van der Waals surface area contributed by atoms with Crippen LogP contribution in [0.3, 0.4) is 0 Å². The van der Waals surface area contributed by atoms with Crippen LogP contribution in [0.5, 0.6) is 0 Å². The molecule has 0 aliphatic heterocycles. The third-order valence-electron chi connectivity index (χ3n) is 1.78. The highest BCUT2D eigenvalue weighted by molar-refractivity contribution is 9.09. The minimum atomic E-state index is 0.934. The number of hydrogen-bond donors (Lipinski definition) is 0. The minimum Gasteiger partial charge on any atom is -0.0928 e. The molecule has 0 spiro atoms. The molecule has 0 saturated carbocycles. The molecule has 0 rings (SSSR count). The fourth-order valence-electron chi connectivity index (χ4n) is 0.791. The van der Waals surface area contributed by atoms with E-state index in [9.17, 15) is 0 Å². The van der Waals surface area contributed by atoms with Crippen molar-refractivity contribution in [3.8, 4) is 0 Å². The second-order valence-corrected chi connectivity index (χ2v) is 3.49. The maximum absolute atomic E-state index is 3.42. The molecule has 0 aromatic heterocycles. The monoisotopic (exact) mass is 192 g/mol. The van der Waals surface area contributed by atoms with Gasteiger partial charge < -0.3 is 0 Å². The summed E-state index contributed by atoms with van der Waals surface area (Å²) in [7, 11) is 0. The van der Waals surface area contributed by atoms with E-state index in [0.29, 0.717) is 0 Å². The van der Waals surface area contributed by atoms with Gasteiger partial charge in [0.1, 0.15) is 0 Å². The second kappa shape index (κ2) is 6.60. The quantitative estimate of drug-likeness (QED) is 0.462. The number of unbranched alkanes of at least 4 members (excludes halogenated alkanes) is 1. The first kappa shape index (κ1) is 9.48. The molecule has 9 heavy (non-hydrogen) atoms. The van der Waals surface area contributed by atoms with E-state index in [-0.39, 0.29) is 0 Å². The van der Waals surface area contributed by atoms with Crippen LogP contribution in [0.2, 0.25) is 0 Å². The van der Waals surface area contributed by atoms with Gasteiger partial charge in [-0.05, 0) is 12.3 Å². The smallest absolute Gasteiger partial charge is 0.00313 e. The van der Waals surface area contributed by atoms with E-state index >= 15 is 0 Å². The summed E-state index contributed by atoms with van der Waals surface area (Å²) in [6.45, 7) is 4.59. The molecule has 0 radical (unpaired) electrons. The van der Waals surface area contributed by atoms with Crippen molar-refractivity contribution in [2.75, 3.05) is 5.33 Å². The van der Waals surface area contributed by atoms with Gasteiger partial charge in [-0.15, -0.1) is 0 Å². The van der Waals surface area contributed by atoms with Gasteiger partial charge in [0, 0.05) is 5.33 Å². The summed E-state index contributed by atoms with van der Waals surface area (Å²) in [6, 6.07) is 0. The minimum absolute atomic E-state index is 0.934. The topological polar surface area (TPSA) is 0 Å². The van der Waals surface area contributed by atoms with Crippen molar-refractivity contribution in [3.05, 3.63) is 0 Å². The van der Waals surface area contributed by atoms with Gasteiger partial charge in [0.15, 0.2) is 0 Å². The van der Waals surface area contributed by atoms with E-state index in [1.165, 1.54) is 31.0 Å². The van der Waals surface area contributed by atoms with Crippen LogP contribution in [-0.4, -0.2) is 5.33 Å². The molecule has 0 aliphatic carbocycles. The Morgan fingerprint density at radius 3 is 2.44 bits per heavy atom. The summed E-state index contributed by atoms with van der Waals surface area (Å²) in [6.07, 6.45) is 5.47. The first-order valence-electron chi connectivity index (χ1n) is 3.87. The normalized spacial score (nSPS) is 13.7. The summed E-state index contributed by atoms with van der Waals surface area (Å²) in [5.74, 6) is 0.934. The molecule has 0 unspecified atom stereocenters.